The molecule has 0 aliphatic carbocycles. The number of halogens is 2. The van der Waals surface area contributed by atoms with E-state index < -0.39 is 17.5 Å². The van der Waals surface area contributed by atoms with E-state index in [-0.39, 0.29) is 23.5 Å². The van der Waals surface area contributed by atoms with Crippen LogP contribution in [-0.4, -0.2) is 73.6 Å². The topological polar surface area (TPSA) is 61.9 Å². The number of rotatable bonds is 6. The van der Waals surface area contributed by atoms with E-state index in [4.69, 9.17) is 4.74 Å². The van der Waals surface area contributed by atoms with E-state index in [0.717, 1.165) is 25.7 Å². The summed E-state index contributed by atoms with van der Waals surface area (Å²) >= 11 is 0. The molecule has 2 saturated heterocycles. The molecular weight excluding hydrogens is 392 g/mol. The number of morpholine rings is 1. The number of hydrogen-bond donors (Lipinski definition) is 1. The first-order valence-electron chi connectivity index (χ1n) is 10.7. The standard InChI is InChI=1S/C22H31F2N3O3/c1-15(2)13-26-9-10-30-18(14-26)12-25-21(28)16-5-7-27(8-6-16)22(29)19-4-3-17(23)11-20(19)24/h3-4,11,15-16,18H,5-10,12-14H2,1-2H3,(H,25,28). The molecule has 0 saturated carbocycles. The van der Waals surface area contributed by atoms with Gasteiger partial charge in [-0.25, -0.2) is 8.78 Å². The Morgan fingerprint density at radius 1 is 1.20 bits per heavy atom. The van der Waals surface area contributed by atoms with E-state index in [1.54, 1.807) is 0 Å². The molecule has 1 atom stereocenters. The van der Waals surface area contributed by atoms with E-state index >= 15 is 0 Å². The molecule has 2 aliphatic heterocycles. The van der Waals surface area contributed by atoms with Gasteiger partial charge < -0.3 is 15.0 Å². The van der Waals surface area contributed by atoms with Crippen LogP contribution in [0.15, 0.2) is 18.2 Å². The Morgan fingerprint density at radius 2 is 1.93 bits per heavy atom. The minimum atomic E-state index is -0.862. The Balaban J connectivity index is 1.43. The molecule has 0 radical (unpaired) electrons. The van der Waals surface area contributed by atoms with E-state index in [1.165, 1.54) is 11.0 Å². The van der Waals surface area contributed by atoms with E-state index in [0.29, 0.717) is 51.1 Å². The monoisotopic (exact) mass is 423 g/mol. The van der Waals surface area contributed by atoms with Crippen molar-refractivity contribution in [3.63, 3.8) is 0 Å². The summed E-state index contributed by atoms with van der Waals surface area (Å²) < 4.78 is 32.7. The lowest BCUT2D eigenvalue weighted by Crippen LogP contribution is -2.50. The van der Waals surface area contributed by atoms with Gasteiger partial charge in [-0.05, 0) is 30.9 Å². The zero-order chi connectivity index (χ0) is 21.7. The maximum absolute atomic E-state index is 13.9. The molecule has 1 aromatic carbocycles. The van der Waals surface area contributed by atoms with Crippen LogP contribution in [0.1, 0.15) is 37.0 Å². The van der Waals surface area contributed by atoms with Gasteiger partial charge >= 0.3 is 0 Å². The first-order valence-corrected chi connectivity index (χ1v) is 10.7. The van der Waals surface area contributed by atoms with Crippen molar-refractivity contribution in [3.8, 4) is 0 Å². The zero-order valence-electron chi connectivity index (χ0n) is 17.7. The van der Waals surface area contributed by atoms with Crippen LogP contribution in [0.3, 0.4) is 0 Å². The Morgan fingerprint density at radius 3 is 2.60 bits per heavy atom. The lowest BCUT2D eigenvalue weighted by atomic mass is 9.95. The first-order chi connectivity index (χ1) is 14.3. The van der Waals surface area contributed by atoms with E-state index in [9.17, 15) is 18.4 Å². The molecule has 1 unspecified atom stereocenters. The minimum Gasteiger partial charge on any atom is -0.374 e. The number of piperidine rings is 1. The predicted molar refractivity (Wildman–Crippen MR) is 109 cm³/mol. The van der Waals surface area contributed by atoms with Crippen LogP contribution in [0, 0.1) is 23.5 Å². The molecule has 0 spiro atoms. The predicted octanol–water partition coefficient (Wildman–Crippen LogP) is 2.29. The van der Waals surface area contributed by atoms with Crippen LogP contribution in [-0.2, 0) is 9.53 Å². The lowest BCUT2D eigenvalue weighted by molar-refractivity contribution is -0.127. The highest BCUT2D eigenvalue weighted by atomic mass is 19.1. The molecule has 2 fully saturated rings. The number of hydrogen-bond acceptors (Lipinski definition) is 4. The zero-order valence-corrected chi connectivity index (χ0v) is 17.7. The van der Waals surface area contributed by atoms with Crippen LogP contribution >= 0.6 is 0 Å². The highest BCUT2D eigenvalue weighted by molar-refractivity contribution is 5.94. The summed E-state index contributed by atoms with van der Waals surface area (Å²) in [5.74, 6) is -1.66. The third-order valence-corrected chi connectivity index (χ3v) is 5.66. The number of carbonyl (C=O) groups excluding carboxylic acids is 2. The fourth-order valence-electron chi connectivity index (χ4n) is 4.12. The smallest absolute Gasteiger partial charge is 0.256 e. The summed E-state index contributed by atoms with van der Waals surface area (Å²) in [6, 6.07) is 2.95. The summed E-state index contributed by atoms with van der Waals surface area (Å²) in [5, 5.41) is 2.99. The maximum atomic E-state index is 13.9. The van der Waals surface area contributed by atoms with E-state index in [1.807, 2.05) is 0 Å². The van der Waals surface area contributed by atoms with Gasteiger partial charge in [0.05, 0.1) is 18.3 Å². The molecule has 2 aliphatic rings. The van der Waals surface area contributed by atoms with Crippen LogP contribution < -0.4 is 5.32 Å². The number of nitrogens with zero attached hydrogens (tertiary/aromatic N) is 2. The molecule has 1 aromatic rings. The van der Waals surface area contributed by atoms with Crippen molar-refractivity contribution in [2.45, 2.75) is 32.8 Å². The SMILES string of the molecule is CC(C)CN1CCOC(CNC(=O)C2CCN(C(=O)c3ccc(F)cc3F)CC2)C1. The second kappa shape index (κ2) is 10.3. The molecular formula is C22H31F2N3O3. The lowest BCUT2D eigenvalue weighted by Gasteiger charge is -2.35. The molecule has 0 bridgehead atoms. The molecule has 30 heavy (non-hydrogen) atoms. The molecule has 166 valence electrons. The Bertz CT molecular complexity index is 751. The van der Waals surface area contributed by atoms with Crippen molar-refractivity contribution in [3.05, 3.63) is 35.4 Å². The minimum absolute atomic E-state index is 0.00966. The van der Waals surface area contributed by atoms with Gasteiger partial charge in [-0.3, -0.25) is 14.5 Å². The molecule has 2 amide bonds. The number of benzene rings is 1. The summed E-state index contributed by atoms with van der Waals surface area (Å²) in [6.07, 6.45) is 1.03. The van der Waals surface area contributed by atoms with Gasteiger partial charge in [-0.1, -0.05) is 13.8 Å². The van der Waals surface area contributed by atoms with Crippen molar-refractivity contribution in [2.75, 3.05) is 45.9 Å². The van der Waals surface area contributed by atoms with Crippen molar-refractivity contribution >= 4 is 11.8 Å². The summed E-state index contributed by atoms with van der Waals surface area (Å²) in [6.45, 7) is 9.03. The number of nitrogens with one attached hydrogen (secondary N) is 1. The largest absolute Gasteiger partial charge is 0.374 e. The van der Waals surface area contributed by atoms with E-state index in [2.05, 4.69) is 24.1 Å². The molecule has 8 heteroatoms. The number of likely N-dealkylation sites (tertiary alicyclic amines) is 1. The third-order valence-electron chi connectivity index (χ3n) is 5.66. The third kappa shape index (κ3) is 5.98. The quantitative estimate of drug-likeness (QED) is 0.763. The summed E-state index contributed by atoms with van der Waals surface area (Å²) in [5.41, 5.74) is -0.139. The van der Waals surface area contributed by atoms with Gasteiger partial charge in [-0.15, -0.1) is 0 Å². The Hall–Kier alpha value is -2.06. The van der Waals surface area contributed by atoms with Crippen molar-refractivity contribution in [2.24, 2.45) is 11.8 Å². The fourth-order valence-corrected chi connectivity index (χ4v) is 4.12. The molecule has 6 nitrogen and oxygen atoms in total. The average molecular weight is 424 g/mol. The average Bonchev–Trinajstić information content (AvgIpc) is 2.71. The number of amides is 2. The van der Waals surface area contributed by atoms with Gasteiger partial charge in [-0.2, -0.15) is 0 Å². The highest BCUT2D eigenvalue weighted by Crippen LogP contribution is 2.21. The maximum Gasteiger partial charge on any atom is 0.256 e. The fraction of sp³-hybridized carbons (Fsp3) is 0.636. The number of ether oxygens (including phenoxy) is 1. The summed E-state index contributed by atoms with van der Waals surface area (Å²) in [7, 11) is 0. The van der Waals surface area contributed by atoms with Gasteiger partial charge in [0.1, 0.15) is 11.6 Å². The first kappa shape index (κ1) is 22.6. The van der Waals surface area contributed by atoms with Crippen LogP contribution in [0.25, 0.3) is 0 Å². The molecule has 1 N–H and O–H groups in total. The summed E-state index contributed by atoms with van der Waals surface area (Å²) in [4.78, 5) is 28.9. The van der Waals surface area contributed by atoms with Crippen molar-refractivity contribution in [1.82, 2.24) is 15.1 Å². The molecule has 3 rings (SSSR count). The van der Waals surface area contributed by atoms with Gasteiger partial charge in [0.25, 0.3) is 5.91 Å². The normalized spacial score (nSPS) is 21.1. The molecule has 0 aromatic heterocycles. The Kier molecular flexibility index (Phi) is 7.77. The number of carbonyl (C=O) groups is 2. The van der Waals surface area contributed by atoms with Gasteiger partial charge in [0.2, 0.25) is 5.91 Å². The second-order valence-corrected chi connectivity index (χ2v) is 8.58. The second-order valence-electron chi connectivity index (χ2n) is 8.58. The van der Waals surface area contributed by atoms with Gasteiger partial charge in [0.15, 0.2) is 0 Å². The van der Waals surface area contributed by atoms with Crippen molar-refractivity contribution < 1.29 is 23.1 Å². The van der Waals surface area contributed by atoms with Crippen LogP contribution in [0.2, 0.25) is 0 Å². The van der Waals surface area contributed by atoms with Gasteiger partial charge in [0, 0.05) is 51.3 Å². The Labute approximate surface area is 176 Å². The van der Waals surface area contributed by atoms with Crippen LogP contribution in [0.4, 0.5) is 8.78 Å². The van der Waals surface area contributed by atoms with Crippen LogP contribution in [0.5, 0.6) is 0 Å². The highest BCUT2D eigenvalue weighted by Gasteiger charge is 2.29. The molecule has 2 heterocycles. The van der Waals surface area contributed by atoms with Crippen molar-refractivity contribution in [1.29, 1.82) is 0 Å².